The van der Waals surface area contributed by atoms with Gasteiger partial charge in [-0.2, -0.15) is 0 Å². The second-order valence-electron chi connectivity index (χ2n) is 5.31. The first kappa shape index (κ1) is 12.4. The van der Waals surface area contributed by atoms with Crippen molar-refractivity contribution in [2.75, 3.05) is 11.9 Å². The molecule has 3 heteroatoms. The fourth-order valence-electron chi connectivity index (χ4n) is 2.94. The molecule has 0 fully saturated rings. The van der Waals surface area contributed by atoms with Crippen LogP contribution in [0, 0.1) is 0 Å². The molecule has 21 heavy (non-hydrogen) atoms. The summed E-state index contributed by atoms with van der Waals surface area (Å²) in [4.78, 5) is 4.18. The predicted octanol–water partition coefficient (Wildman–Crippen LogP) is 3.92. The van der Waals surface area contributed by atoms with Gasteiger partial charge in [-0.3, -0.25) is 4.98 Å². The zero-order valence-corrected chi connectivity index (χ0v) is 11.6. The van der Waals surface area contributed by atoms with Crippen LogP contribution in [0.15, 0.2) is 60.9 Å². The van der Waals surface area contributed by atoms with Crippen molar-refractivity contribution < 1.29 is 4.74 Å². The number of fused-ring (bicyclic) bond motifs is 2. The Balaban J connectivity index is 1.73. The summed E-state index contributed by atoms with van der Waals surface area (Å²) in [6.07, 6.45) is 3.73. The number of nitrogens with one attached hydrogen (secondary N) is 1. The molecule has 3 nitrogen and oxygen atoms in total. The third kappa shape index (κ3) is 2.26. The molecule has 1 aliphatic heterocycles. The molecule has 0 saturated heterocycles. The van der Waals surface area contributed by atoms with Gasteiger partial charge < -0.3 is 10.1 Å². The highest BCUT2D eigenvalue weighted by Crippen LogP contribution is 2.30. The lowest BCUT2D eigenvalue weighted by molar-refractivity contribution is 0.0970. The van der Waals surface area contributed by atoms with Crippen LogP contribution in [0.1, 0.15) is 17.2 Å². The second kappa shape index (κ2) is 5.19. The van der Waals surface area contributed by atoms with Gasteiger partial charge in [0.25, 0.3) is 0 Å². The molecule has 1 atom stereocenters. The highest BCUT2D eigenvalue weighted by molar-refractivity contribution is 5.93. The molecule has 0 saturated carbocycles. The van der Waals surface area contributed by atoms with Crippen LogP contribution in [-0.4, -0.2) is 11.6 Å². The fraction of sp³-hybridized carbons (Fsp3) is 0.167. The highest BCUT2D eigenvalue weighted by Gasteiger charge is 2.20. The van der Waals surface area contributed by atoms with Crippen molar-refractivity contribution in [2.45, 2.75) is 12.6 Å². The molecule has 4 rings (SSSR count). The van der Waals surface area contributed by atoms with E-state index >= 15 is 0 Å². The zero-order valence-electron chi connectivity index (χ0n) is 11.6. The van der Waals surface area contributed by atoms with Gasteiger partial charge in [0, 0.05) is 28.9 Å². The normalized spacial score (nSPS) is 17.4. The maximum Gasteiger partial charge on any atom is 0.0751 e. The molecule has 1 aromatic heterocycles. The summed E-state index contributed by atoms with van der Waals surface area (Å²) in [6, 6.07) is 17.0. The Labute approximate surface area is 123 Å². The first-order valence-corrected chi connectivity index (χ1v) is 7.16. The van der Waals surface area contributed by atoms with E-state index in [0.29, 0.717) is 13.2 Å². The Kier molecular flexibility index (Phi) is 3.05. The topological polar surface area (TPSA) is 34.1 Å². The Bertz CT molecular complexity index is 780. The third-order valence-corrected chi connectivity index (χ3v) is 3.98. The highest BCUT2D eigenvalue weighted by atomic mass is 16.5. The summed E-state index contributed by atoms with van der Waals surface area (Å²) < 4.78 is 5.72. The van der Waals surface area contributed by atoms with E-state index in [-0.39, 0.29) is 6.04 Å². The van der Waals surface area contributed by atoms with E-state index in [9.17, 15) is 0 Å². The number of pyridine rings is 1. The zero-order chi connectivity index (χ0) is 14.1. The maximum atomic E-state index is 5.72. The summed E-state index contributed by atoms with van der Waals surface area (Å²) in [7, 11) is 0. The average molecular weight is 276 g/mol. The number of hydrogen-bond acceptors (Lipinski definition) is 3. The summed E-state index contributed by atoms with van der Waals surface area (Å²) in [6.45, 7) is 1.40. The minimum Gasteiger partial charge on any atom is -0.375 e. The number of anilines is 1. The lowest BCUT2D eigenvalue weighted by Gasteiger charge is -2.27. The minimum absolute atomic E-state index is 0.189. The Hall–Kier alpha value is -2.39. The third-order valence-electron chi connectivity index (χ3n) is 3.98. The first-order chi connectivity index (χ1) is 10.4. The van der Waals surface area contributed by atoms with E-state index in [2.05, 4.69) is 52.8 Å². The molecule has 1 N–H and O–H groups in total. The van der Waals surface area contributed by atoms with Crippen molar-refractivity contribution in [1.29, 1.82) is 0 Å². The summed E-state index contributed by atoms with van der Waals surface area (Å²) in [5.41, 5.74) is 3.72. The van der Waals surface area contributed by atoms with E-state index in [0.717, 1.165) is 11.1 Å². The summed E-state index contributed by atoms with van der Waals surface area (Å²) in [5.74, 6) is 0. The van der Waals surface area contributed by atoms with E-state index in [1.165, 1.54) is 16.5 Å². The van der Waals surface area contributed by atoms with E-state index in [1.54, 1.807) is 0 Å². The molecular formula is C18H16N2O. The molecule has 0 aliphatic carbocycles. The molecule has 3 aromatic rings. The lowest BCUT2D eigenvalue weighted by atomic mass is 9.98. The molecule has 0 bridgehead atoms. The molecule has 0 radical (unpaired) electrons. The van der Waals surface area contributed by atoms with Gasteiger partial charge in [-0.05, 0) is 23.3 Å². The van der Waals surface area contributed by atoms with Crippen molar-refractivity contribution in [2.24, 2.45) is 0 Å². The van der Waals surface area contributed by atoms with Gasteiger partial charge in [-0.1, -0.05) is 36.4 Å². The van der Waals surface area contributed by atoms with Gasteiger partial charge in [0.2, 0.25) is 0 Å². The average Bonchev–Trinajstić information content (AvgIpc) is 2.56. The molecular weight excluding hydrogens is 260 g/mol. The minimum atomic E-state index is 0.189. The Morgan fingerprint density at radius 2 is 2.00 bits per heavy atom. The number of nitrogens with zero attached hydrogens (tertiary/aromatic N) is 1. The molecule has 2 aromatic carbocycles. The van der Waals surface area contributed by atoms with Gasteiger partial charge in [-0.15, -0.1) is 0 Å². The molecule has 1 unspecified atom stereocenters. The van der Waals surface area contributed by atoms with Crippen LogP contribution in [0.2, 0.25) is 0 Å². The van der Waals surface area contributed by atoms with Crippen LogP contribution in [0.5, 0.6) is 0 Å². The van der Waals surface area contributed by atoms with Gasteiger partial charge >= 0.3 is 0 Å². The summed E-state index contributed by atoms with van der Waals surface area (Å²) in [5, 5.41) is 5.96. The van der Waals surface area contributed by atoms with E-state index in [1.807, 2.05) is 18.5 Å². The van der Waals surface area contributed by atoms with Crippen LogP contribution in [0.3, 0.4) is 0 Å². The van der Waals surface area contributed by atoms with Crippen LogP contribution in [0.25, 0.3) is 10.8 Å². The standard InChI is InChI=1S/C18H16N2O/c1-2-6-15-14(4-1)11-21-12-18(15)20-17-7-3-5-13-10-19-9-8-16(13)17/h1-10,18,20H,11-12H2. The van der Waals surface area contributed by atoms with Crippen LogP contribution < -0.4 is 5.32 Å². The molecule has 0 spiro atoms. The molecule has 2 heterocycles. The predicted molar refractivity (Wildman–Crippen MR) is 84.2 cm³/mol. The van der Waals surface area contributed by atoms with E-state index < -0.39 is 0 Å². The molecule has 0 amide bonds. The largest absolute Gasteiger partial charge is 0.375 e. The van der Waals surface area contributed by atoms with Gasteiger partial charge in [0.05, 0.1) is 19.3 Å². The lowest BCUT2D eigenvalue weighted by Crippen LogP contribution is -2.23. The van der Waals surface area contributed by atoms with Gasteiger partial charge in [0.1, 0.15) is 0 Å². The summed E-state index contributed by atoms with van der Waals surface area (Å²) >= 11 is 0. The number of hydrogen-bond donors (Lipinski definition) is 1. The van der Waals surface area contributed by atoms with Crippen molar-refractivity contribution >= 4 is 16.5 Å². The SMILES string of the molecule is c1ccc2c(c1)COCC2Nc1cccc2cnccc12. The number of rotatable bonds is 2. The van der Waals surface area contributed by atoms with Crippen LogP contribution in [-0.2, 0) is 11.3 Å². The monoisotopic (exact) mass is 276 g/mol. The number of ether oxygens (including phenoxy) is 1. The van der Waals surface area contributed by atoms with Crippen molar-refractivity contribution in [3.63, 3.8) is 0 Å². The van der Waals surface area contributed by atoms with Crippen molar-refractivity contribution in [1.82, 2.24) is 4.98 Å². The second-order valence-corrected chi connectivity index (χ2v) is 5.31. The maximum absolute atomic E-state index is 5.72. The quantitative estimate of drug-likeness (QED) is 0.770. The van der Waals surface area contributed by atoms with Crippen LogP contribution >= 0.6 is 0 Å². The van der Waals surface area contributed by atoms with Gasteiger partial charge in [-0.25, -0.2) is 0 Å². The van der Waals surface area contributed by atoms with Crippen molar-refractivity contribution in [3.05, 3.63) is 72.1 Å². The van der Waals surface area contributed by atoms with E-state index in [4.69, 9.17) is 4.74 Å². The molecule has 104 valence electrons. The molecule has 1 aliphatic rings. The smallest absolute Gasteiger partial charge is 0.0751 e. The Morgan fingerprint density at radius 3 is 3.00 bits per heavy atom. The first-order valence-electron chi connectivity index (χ1n) is 7.16. The van der Waals surface area contributed by atoms with Crippen molar-refractivity contribution in [3.8, 4) is 0 Å². The number of aromatic nitrogens is 1. The number of benzene rings is 2. The van der Waals surface area contributed by atoms with Gasteiger partial charge in [0.15, 0.2) is 0 Å². The fourth-order valence-corrected chi connectivity index (χ4v) is 2.94. The van der Waals surface area contributed by atoms with Crippen LogP contribution in [0.4, 0.5) is 5.69 Å². The Morgan fingerprint density at radius 1 is 1.05 bits per heavy atom.